The summed E-state index contributed by atoms with van der Waals surface area (Å²) >= 11 is 0. The third kappa shape index (κ3) is 1.87. The van der Waals surface area contributed by atoms with Gasteiger partial charge in [-0.1, -0.05) is 18.2 Å². The Balaban J connectivity index is 2.00. The molecule has 1 fully saturated rings. The van der Waals surface area contributed by atoms with Crippen molar-refractivity contribution in [3.05, 3.63) is 65.7 Å². The minimum Gasteiger partial charge on any atom is -0.318 e. The largest absolute Gasteiger partial charge is 0.318 e. The van der Waals surface area contributed by atoms with Crippen LogP contribution in [0.1, 0.15) is 11.6 Å². The Bertz CT molecular complexity index is 657. The van der Waals surface area contributed by atoms with Gasteiger partial charge in [-0.25, -0.2) is 8.78 Å². The van der Waals surface area contributed by atoms with Crippen LogP contribution in [-0.4, -0.2) is 11.9 Å². The number of hydrogen-bond acceptors (Lipinski definition) is 2. The van der Waals surface area contributed by atoms with Crippen LogP contribution in [0.4, 0.5) is 14.5 Å². The van der Waals surface area contributed by atoms with E-state index in [4.69, 9.17) is 5.73 Å². The van der Waals surface area contributed by atoms with Crippen LogP contribution in [0.5, 0.6) is 0 Å². The predicted octanol–water partition coefficient (Wildman–Crippen LogP) is 2.38. The molecule has 1 saturated heterocycles. The minimum atomic E-state index is -0.781. The minimum absolute atomic E-state index is 0.301. The highest BCUT2D eigenvalue weighted by Gasteiger charge is 2.47. The van der Waals surface area contributed by atoms with Gasteiger partial charge in [-0.2, -0.15) is 0 Å². The maximum Gasteiger partial charge on any atom is 0.247 e. The molecule has 2 aromatic rings. The van der Waals surface area contributed by atoms with Crippen LogP contribution >= 0.6 is 0 Å². The molecule has 2 N–H and O–H groups in total. The lowest BCUT2D eigenvalue weighted by molar-refractivity contribution is -0.126. The van der Waals surface area contributed by atoms with Crippen molar-refractivity contribution in [2.45, 2.75) is 12.1 Å². The molecule has 3 nitrogen and oxygen atoms in total. The lowest BCUT2D eigenvalue weighted by atomic mass is 9.88. The fourth-order valence-electron chi connectivity index (χ4n) is 2.45. The second-order valence-electron chi connectivity index (χ2n) is 4.68. The highest BCUT2D eigenvalue weighted by atomic mass is 19.1. The molecule has 2 aromatic carbocycles. The van der Waals surface area contributed by atoms with Gasteiger partial charge in [0.15, 0.2) is 0 Å². The van der Waals surface area contributed by atoms with Gasteiger partial charge in [0.1, 0.15) is 17.7 Å². The van der Waals surface area contributed by atoms with Gasteiger partial charge in [0.25, 0.3) is 0 Å². The van der Waals surface area contributed by atoms with E-state index in [0.717, 1.165) is 0 Å². The van der Waals surface area contributed by atoms with E-state index < -0.39 is 23.7 Å². The first kappa shape index (κ1) is 12.7. The summed E-state index contributed by atoms with van der Waals surface area (Å²) in [6.45, 7) is 0. The third-order valence-electron chi connectivity index (χ3n) is 3.47. The zero-order valence-corrected chi connectivity index (χ0v) is 10.5. The summed E-state index contributed by atoms with van der Waals surface area (Å²) in [6, 6.07) is 10.3. The van der Waals surface area contributed by atoms with E-state index >= 15 is 0 Å². The van der Waals surface area contributed by atoms with Crippen LogP contribution in [0.15, 0.2) is 48.5 Å². The number of carbonyl (C=O) groups excluding carboxylic acids is 1. The molecule has 1 heterocycles. The van der Waals surface area contributed by atoms with Gasteiger partial charge < -0.3 is 10.6 Å². The molecule has 1 amide bonds. The highest BCUT2D eigenvalue weighted by Crippen LogP contribution is 2.38. The van der Waals surface area contributed by atoms with Crippen molar-refractivity contribution in [1.82, 2.24) is 0 Å². The van der Waals surface area contributed by atoms with E-state index in [2.05, 4.69) is 0 Å². The summed E-state index contributed by atoms with van der Waals surface area (Å²) in [4.78, 5) is 13.3. The van der Waals surface area contributed by atoms with Crippen molar-refractivity contribution in [3.63, 3.8) is 0 Å². The molecule has 0 saturated carbocycles. The van der Waals surface area contributed by atoms with Crippen molar-refractivity contribution in [3.8, 4) is 0 Å². The highest BCUT2D eigenvalue weighted by molar-refractivity contribution is 6.05. The second kappa shape index (κ2) is 4.68. The number of anilines is 1. The first-order valence-electron chi connectivity index (χ1n) is 6.18. The van der Waals surface area contributed by atoms with Crippen LogP contribution < -0.4 is 10.6 Å². The molecular formula is C15H12F2N2O. The number of amides is 1. The van der Waals surface area contributed by atoms with Gasteiger partial charge in [0.2, 0.25) is 5.91 Å². The van der Waals surface area contributed by atoms with E-state index in [1.807, 2.05) is 0 Å². The Hall–Kier alpha value is -2.27. The maximum atomic E-state index is 13.9. The fraction of sp³-hybridized carbons (Fsp3) is 0.133. The number of hydrogen-bond donors (Lipinski definition) is 1. The quantitative estimate of drug-likeness (QED) is 0.855. The molecule has 20 heavy (non-hydrogen) atoms. The summed E-state index contributed by atoms with van der Waals surface area (Å²) in [5.41, 5.74) is 6.66. The summed E-state index contributed by atoms with van der Waals surface area (Å²) in [7, 11) is 0. The molecule has 3 rings (SSSR count). The zero-order chi connectivity index (χ0) is 14.3. The number of halogens is 2. The fourth-order valence-corrected chi connectivity index (χ4v) is 2.45. The van der Waals surface area contributed by atoms with E-state index in [1.165, 1.54) is 35.2 Å². The summed E-state index contributed by atoms with van der Waals surface area (Å²) in [5.74, 6) is -1.11. The standard InChI is InChI=1S/C15H12F2N2O/c16-9-5-7-10(8-6-9)19-14(13(18)15(19)20)11-3-1-2-4-12(11)17/h1-8,13-14H,18H2/t13-,14+/m0/s1. The maximum absolute atomic E-state index is 13.9. The Morgan fingerprint density at radius 1 is 1.00 bits per heavy atom. The Labute approximate surface area is 114 Å². The zero-order valence-electron chi connectivity index (χ0n) is 10.5. The van der Waals surface area contributed by atoms with Crippen LogP contribution in [0, 0.1) is 11.6 Å². The molecule has 5 heteroatoms. The number of rotatable bonds is 2. The van der Waals surface area contributed by atoms with E-state index in [-0.39, 0.29) is 5.91 Å². The lowest BCUT2D eigenvalue weighted by Gasteiger charge is -2.45. The SMILES string of the molecule is N[C@@H]1C(=O)N(c2ccc(F)cc2)[C@@H]1c1ccccc1F. The van der Waals surface area contributed by atoms with Crippen LogP contribution in [-0.2, 0) is 4.79 Å². The number of carbonyl (C=O) groups is 1. The Kier molecular flexibility index (Phi) is 2.99. The number of nitrogens with two attached hydrogens (primary N) is 1. The number of β-lactam (4-membered cyclic amide) rings is 1. The van der Waals surface area contributed by atoms with Crippen molar-refractivity contribution in [2.24, 2.45) is 5.73 Å². The van der Waals surface area contributed by atoms with Gasteiger partial charge in [0, 0.05) is 11.3 Å². The van der Waals surface area contributed by atoms with Crippen molar-refractivity contribution in [2.75, 3.05) is 4.90 Å². The van der Waals surface area contributed by atoms with E-state index in [0.29, 0.717) is 11.3 Å². The predicted molar refractivity (Wildman–Crippen MR) is 71.0 cm³/mol. The van der Waals surface area contributed by atoms with Gasteiger partial charge >= 0.3 is 0 Å². The Morgan fingerprint density at radius 3 is 2.30 bits per heavy atom. The molecule has 2 atom stereocenters. The molecule has 0 unspecified atom stereocenters. The average Bonchev–Trinajstić information content (AvgIpc) is 2.46. The third-order valence-corrected chi connectivity index (χ3v) is 3.47. The van der Waals surface area contributed by atoms with Crippen molar-refractivity contribution < 1.29 is 13.6 Å². The van der Waals surface area contributed by atoms with Gasteiger partial charge in [-0.15, -0.1) is 0 Å². The van der Waals surface area contributed by atoms with Crippen molar-refractivity contribution in [1.29, 1.82) is 0 Å². The van der Waals surface area contributed by atoms with Crippen LogP contribution in [0.25, 0.3) is 0 Å². The average molecular weight is 274 g/mol. The summed E-state index contributed by atoms with van der Waals surface area (Å²) < 4.78 is 26.8. The monoisotopic (exact) mass is 274 g/mol. The van der Waals surface area contributed by atoms with Crippen LogP contribution in [0.2, 0.25) is 0 Å². The summed E-state index contributed by atoms with van der Waals surface area (Å²) in [5, 5.41) is 0. The smallest absolute Gasteiger partial charge is 0.247 e. The molecule has 102 valence electrons. The topological polar surface area (TPSA) is 46.3 Å². The number of nitrogens with zero attached hydrogens (tertiary/aromatic N) is 1. The molecule has 0 radical (unpaired) electrons. The van der Waals surface area contributed by atoms with Crippen LogP contribution in [0.3, 0.4) is 0 Å². The molecule has 0 bridgehead atoms. The molecule has 1 aliphatic heterocycles. The molecular weight excluding hydrogens is 262 g/mol. The van der Waals surface area contributed by atoms with Gasteiger partial charge in [-0.3, -0.25) is 4.79 Å². The van der Waals surface area contributed by atoms with E-state index in [1.54, 1.807) is 18.2 Å². The first-order valence-corrected chi connectivity index (χ1v) is 6.18. The van der Waals surface area contributed by atoms with Gasteiger partial charge in [-0.05, 0) is 30.3 Å². The van der Waals surface area contributed by atoms with Crippen molar-refractivity contribution >= 4 is 11.6 Å². The number of benzene rings is 2. The Morgan fingerprint density at radius 2 is 1.65 bits per heavy atom. The van der Waals surface area contributed by atoms with E-state index in [9.17, 15) is 13.6 Å². The second-order valence-corrected chi connectivity index (χ2v) is 4.68. The normalized spacial score (nSPS) is 21.8. The molecule has 1 aliphatic rings. The lowest BCUT2D eigenvalue weighted by Crippen LogP contribution is -2.63. The molecule has 0 aromatic heterocycles. The molecule has 0 spiro atoms. The molecule has 0 aliphatic carbocycles. The summed E-state index contributed by atoms with van der Waals surface area (Å²) in [6.07, 6.45) is 0. The van der Waals surface area contributed by atoms with Gasteiger partial charge in [0.05, 0.1) is 6.04 Å². The first-order chi connectivity index (χ1) is 9.59.